The average molecular weight is 502 g/mol. The number of hydrogen-bond donors (Lipinski definition) is 1. The Bertz CT molecular complexity index is 1080. The van der Waals surface area contributed by atoms with Gasteiger partial charge < -0.3 is 19.5 Å². The highest BCUT2D eigenvalue weighted by Crippen LogP contribution is 2.34. The second kappa shape index (κ2) is 12.6. The van der Waals surface area contributed by atoms with E-state index >= 15 is 0 Å². The van der Waals surface area contributed by atoms with Crippen LogP contribution in [-0.2, 0) is 16.1 Å². The zero-order chi connectivity index (χ0) is 25.4. The second-order valence-corrected chi connectivity index (χ2v) is 9.58. The van der Waals surface area contributed by atoms with Crippen LogP contribution in [0.5, 0.6) is 17.2 Å². The van der Waals surface area contributed by atoms with E-state index in [1.54, 1.807) is 57.4 Å². The minimum absolute atomic E-state index is 0.0709. The van der Waals surface area contributed by atoms with Gasteiger partial charge in [0.05, 0.1) is 11.8 Å². The van der Waals surface area contributed by atoms with E-state index in [2.05, 4.69) is 14.7 Å². The van der Waals surface area contributed by atoms with E-state index < -0.39 is 20.2 Å². The summed E-state index contributed by atoms with van der Waals surface area (Å²) in [6.07, 6.45) is 7.49. The third kappa shape index (κ3) is 7.73. The summed E-state index contributed by atoms with van der Waals surface area (Å²) in [5, 5.41) is 10.6. The lowest BCUT2D eigenvalue weighted by molar-refractivity contribution is -0.170. The molecule has 10 heteroatoms. The fourth-order valence-electron chi connectivity index (χ4n) is 3.57. The number of aryl methyl sites for hydroxylation is 1. The van der Waals surface area contributed by atoms with Gasteiger partial charge >= 0.3 is 14.1 Å². The normalized spacial score (nSPS) is 15.5. The Labute approximate surface area is 206 Å². The number of nitrogens with zero attached hydrogens (tertiary/aromatic N) is 3. The molecule has 0 radical (unpaired) electrons. The van der Waals surface area contributed by atoms with Crippen molar-refractivity contribution in [2.24, 2.45) is 9.74 Å². The minimum atomic E-state index is -2.54. The van der Waals surface area contributed by atoms with Gasteiger partial charge in [-0.2, -0.15) is 0 Å². The number of ether oxygens (including phenoxy) is 2. The SMILES string of the molecule is Cc1ncc(COc2ccccc2O[P+]([O-])=N[C@@H](C)C(=O)OC(C)C)c(C=NC2CCCC2)c1O. The van der Waals surface area contributed by atoms with Gasteiger partial charge in [0.15, 0.2) is 11.8 Å². The summed E-state index contributed by atoms with van der Waals surface area (Å²) in [5.74, 6) is 0.0472. The largest absolute Gasteiger partial charge is 0.575 e. The maximum atomic E-state index is 12.4. The first-order chi connectivity index (χ1) is 16.7. The number of rotatable bonds is 10. The van der Waals surface area contributed by atoms with Gasteiger partial charge in [-0.3, -0.25) is 14.5 Å². The van der Waals surface area contributed by atoms with Crippen molar-refractivity contribution in [3.05, 3.63) is 47.3 Å². The van der Waals surface area contributed by atoms with Crippen molar-refractivity contribution in [2.75, 3.05) is 0 Å². The number of esters is 1. The minimum Gasteiger partial charge on any atom is -0.575 e. The van der Waals surface area contributed by atoms with Crippen LogP contribution in [0.4, 0.5) is 0 Å². The second-order valence-electron chi connectivity index (χ2n) is 8.69. The highest BCUT2D eigenvalue weighted by molar-refractivity contribution is 7.34. The van der Waals surface area contributed by atoms with Gasteiger partial charge in [0.25, 0.3) is 0 Å². The van der Waals surface area contributed by atoms with Crippen molar-refractivity contribution in [3.8, 4) is 17.2 Å². The van der Waals surface area contributed by atoms with Gasteiger partial charge in [0, 0.05) is 29.6 Å². The standard InChI is InChI=1S/C25H32N3O6P/c1-16(2)33-25(30)18(4)28-35(31)34-23-12-8-7-11-22(23)32-15-19-13-26-17(3)24(29)21(19)14-27-20-9-5-6-10-20/h7-8,11-14,16,18,20,29H,5-6,9-10,15H2,1-4H3/t18-/m0/s1. The van der Waals surface area contributed by atoms with E-state index in [9.17, 15) is 14.8 Å². The lowest BCUT2D eigenvalue weighted by Gasteiger charge is -2.13. The molecule has 1 heterocycles. The molecule has 2 atom stereocenters. The Morgan fingerprint density at radius 2 is 1.94 bits per heavy atom. The summed E-state index contributed by atoms with van der Waals surface area (Å²) in [5.41, 5.74) is 1.74. The third-order valence-electron chi connectivity index (χ3n) is 5.47. The first-order valence-electron chi connectivity index (χ1n) is 11.7. The highest BCUT2D eigenvalue weighted by atomic mass is 31.1. The molecular weight excluding hydrogens is 469 g/mol. The fraction of sp³-hybridized carbons (Fsp3) is 0.480. The number of hydrogen-bond acceptors (Lipinski definition) is 9. The van der Waals surface area contributed by atoms with Crippen molar-refractivity contribution in [2.45, 2.75) is 78.2 Å². The number of benzene rings is 1. The third-order valence-corrected chi connectivity index (χ3v) is 6.35. The lowest BCUT2D eigenvalue weighted by Crippen LogP contribution is -2.21. The summed E-state index contributed by atoms with van der Waals surface area (Å²) >= 11 is 0. The lowest BCUT2D eigenvalue weighted by atomic mass is 10.1. The van der Waals surface area contributed by atoms with Crippen molar-refractivity contribution < 1.29 is 28.8 Å². The molecule has 0 amide bonds. The van der Waals surface area contributed by atoms with Crippen molar-refractivity contribution >= 4 is 20.4 Å². The van der Waals surface area contributed by atoms with E-state index in [-0.39, 0.29) is 30.3 Å². The molecule has 1 unspecified atom stereocenters. The van der Waals surface area contributed by atoms with Crippen LogP contribution in [0.3, 0.4) is 0 Å². The predicted octanol–water partition coefficient (Wildman–Crippen LogP) is 4.61. The summed E-state index contributed by atoms with van der Waals surface area (Å²) in [4.78, 5) is 33.2. The Morgan fingerprint density at radius 1 is 1.26 bits per heavy atom. The van der Waals surface area contributed by atoms with Crippen LogP contribution in [-0.4, -0.2) is 40.5 Å². The first kappa shape index (κ1) is 26.6. The van der Waals surface area contributed by atoms with Gasteiger partial charge in [0.2, 0.25) is 5.75 Å². The summed E-state index contributed by atoms with van der Waals surface area (Å²) in [6, 6.07) is 6.07. The number of aromatic nitrogens is 1. The Kier molecular flexibility index (Phi) is 9.57. The number of aliphatic imine (C=N–C) groups is 1. The molecule has 9 nitrogen and oxygen atoms in total. The van der Waals surface area contributed by atoms with Crippen molar-refractivity contribution in [3.63, 3.8) is 0 Å². The molecule has 3 rings (SSSR count). The van der Waals surface area contributed by atoms with Crippen LogP contribution in [0.2, 0.25) is 0 Å². The molecule has 0 aliphatic heterocycles. The number of para-hydroxylation sites is 2. The molecule has 2 aromatic rings. The van der Waals surface area contributed by atoms with Crippen LogP contribution in [0.15, 0.2) is 40.2 Å². The van der Waals surface area contributed by atoms with Gasteiger partial charge in [-0.1, -0.05) is 29.7 Å². The van der Waals surface area contributed by atoms with E-state index in [4.69, 9.17) is 14.0 Å². The number of carbonyl (C=O) groups is 1. The molecule has 35 heavy (non-hydrogen) atoms. The van der Waals surface area contributed by atoms with Gasteiger partial charge in [-0.25, -0.2) is 4.79 Å². The number of pyridine rings is 1. The number of aromatic hydroxyl groups is 1. The van der Waals surface area contributed by atoms with Crippen LogP contribution in [0, 0.1) is 6.92 Å². The fourth-order valence-corrected chi connectivity index (χ4v) is 4.32. The molecule has 1 saturated carbocycles. The molecule has 1 aliphatic carbocycles. The molecule has 1 N–H and O–H groups in total. The van der Waals surface area contributed by atoms with Crippen LogP contribution in [0.25, 0.3) is 0 Å². The van der Waals surface area contributed by atoms with E-state index in [1.807, 2.05) is 0 Å². The maximum absolute atomic E-state index is 12.4. The van der Waals surface area contributed by atoms with Gasteiger partial charge in [-0.05, 0) is 52.7 Å². The van der Waals surface area contributed by atoms with Gasteiger partial charge in [-0.15, -0.1) is 0 Å². The van der Waals surface area contributed by atoms with E-state index in [0.29, 0.717) is 22.6 Å². The Hall–Kier alpha value is -3.03. The van der Waals surface area contributed by atoms with Gasteiger partial charge in [0.1, 0.15) is 12.4 Å². The average Bonchev–Trinajstić information content (AvgIpc) is 3.33. The van der Waals surface area contributed by atoms with E-state index in [1.165, 1.54) is 19.8 Å². The van der Waals surface area contributed by atoms with Crippen LogP contribution in [0.1, 0.15) is 63.3 Å². The summed E-state index contributed by atoms with van der Waals surface area (Å²) in [6.45, 7) is 6.76. The molecule has 1 fully saturated rings. The maximum Gasteiger partial charge on any atom is 0.395 e. The quantitative estimate of drug-likeness (QED) is 0.286. The highest BCUT2D eigenvalue weighted by Gasteiger charge is 2.21. The molecule has 1 aromatic carbocycles. The molecule has 188 valence electrons. The Balaban J connectivity index is 1.73. The van der Waals surface area contributed by atoms with Crippen molar-refractivity contribution in [1.29, 1.82) is 0 Å². The van der Waals surface area contributed by atoms with E-state index in [0.717, 1.165) is 12.8 Å². The monoisotopic (exact) mass is 501 g/mol. The summed E-state index contributed by atoms with van der Waals surface area (Å²) < 4.78 is 20.4. The predicted molar refractivity (Wildman–Crippen MR) is 132 cm³/mol. The zero-order valence-corrected chi connectivity index (χ0v) is 21.4. The molecular formula is C25H32N3O6P. The molecule has 0 bridgehead atoms. The zero-order valence-electron chi connectivity index (χ0n) is 20.5. The Morgan fingerprint density at radius 3 is 2.63 bits per heavy atom. The smallest absolute Gasteiger partial charge is 0.395 e. The van der Waals surface area contributed by atoms with Crippen LogP contribution >= 0.6 is 8.17 Å². The molecule has 0 saturated heterocycles. The van der Waals surface area contributed by atoms with Crippen molar-refractivity contribution in [1.82, 2.24) is 4.98 Å². The number of carbonyl (C=O) groups excluding carboxylic acids is 1. The van der Waals surface area contributed by atoms with Crippen LogP contribution < -0.4 is 14.2 Å². The molecule has 1 aromatic heterocycles. The molecule has 1 aliphatic rings. The topological polar surface area (TPSA) is 126 Å². The summed E-state index contributed by atoms with van der Waals surface area (Å²) in [7, 11) is -2.54. The first-order valence-corrected chi connectivity index (χ1v) is 12.9. The molecule has 0 spiro atoms.